The number of hydrogen-bond acceptors (Lipinski definition) is 4. The molecule has 0 N–H and O–H groups in total. The lowest BCUT2D eigenvalue weighted by Crippen LogP contribution is -2.18. The van der Waals surface area contributed by atoms with Crippen LogP contribution >= 0.6 is 0 Å². The van der Waals surface area contributed by atoms with Crippen molar-refractivity contribution in [1.82, 2.24) is 0 Å². The summed E-state index contributed by atoms with van der Waals surface area (Å²) in [5, 5.41) is 0. The molecule has 0 bridgehead atoms. The van der Waals surface area contributed by atoms with E-state index in [4.69, 9.17) is 14.2 Å². The van der Waals surface area contributed by atoms with E-state index in [1.807, 2.05) is 24.3 Å². The molecule has 0 amide bonds. The number of benzene rings is 2. The summed E-state index contributed by atoms with van der Waals surface area (Å²) in [7, 11) is -0.930. The van der Waals surface area contributed by atoms with Gasteiger partial charge in [-0.1, -0.05) is 58.8 Å². The van der Waals surface area contributed by atoms with E-state index in [9.17, 15) is 4.79 Å². The number of esters is 1. The van der Waals surface area contributed by atoms with Gasteiger partial charge in [0.2, 0.25) is 0 Å². The smallest absolute Gasteiger partial charge is 0.343 e. The number of carbonyl (C=O) groups excluding carboxylic acids is 1. The highest BCUT2D eigenvalue weighted by Gasteiger charge is 2.12. The summed E-state index contributed by atoms with van der Waals surface area (Å²) in [4.78, 5) is 12.4. The lowest BCUT2D eigenvalue weighted by molar-refractivity contribution is 0.0734. The van der Waals surface area contributed by atoms with Crippen molar-refractivity contribution in [1.29, 1.82) is 0 Å². The van der Waals surface area contributed by atoms with Gasteiger partial charge in [0, 0.05) is 8.07 Å². The second kappa shape index (κ2) is 12.5. The molecule has 1 atom stereocenters. The van der Waals surface area contributed by atoms with E-state index in [2.05, 4.69) is 33.5 Å². The maximum absolute atomic E-state index is 12.4. The van der Waals surface area contributed by atoms with Crippen LogP contribution in [0.5, 0.6) is 17.2 Å². The van der Waals surface area contributed by atoms with Gasteiger partial charge < -0.3 is 14.2 Å². The first-order valence-electron chi connectivity index (χ1n) is 11.4. The van der Waals surface area contributed by atoms with Crippen LogP contribution in [-0.4, -0.2) is 27.3 Å². The number of unbranched alkanes of at least 4 members (excludes halogenated alkanes) is 2. The second-order valence-corrected chi connectivity index (χ2v) is 15.1. The Morgan fingerprint density at radius 1 is 0.839 bits per heavy atom. The predicted molar refractivity (Wildman–Crippen MR) is 130 cm³/mol. The molecule has 0 fully saturated rings. The van der Waals surface area contributed by atoms with Crippen molar-refractivity contribution in [2.45, 2.75) is 65.2 Å². The van der Waals surface area contributed by atoms with Crippen LogP contribution in [-0.2, 0) is 0 Å². The zero-order valence-electron chi connectivity index (χ0n) is 19.8. The van der Waals surface area contributed by atoms with Crippen molar-refractivity contribution in [3.8, 4) is 17.2 Å². The Balaban J connectivity index is 1.74. The topological polar surface area (TPSA) is 44.8 Å². The summed E-state index contributed by atoms with van der Waals surface area (Å²) in [5.74, 6) is 2.19. The Morgan fingerprint density at radius 3 is 2.03 bits per heavy atom. The quantitative estimate of drug-likeness (QED) is 0.142. The van der Waals surface area contributed by atoms with Crippen molar-refractivity contribution in [2.24, 2.45) is 5.92 Å². The molecule has 4 nitrogen and oxygen atoms in total. The number of hydrogen-bond donors (Lipinski definition) is 0. The largest absolute Gasteiger partial charge is 0.494 e. The fourth-order valence-corrected chi connectivity index (χ4v) is 4.25. The molecule has 0 spiro atoms. The first-order valence-corrected chi connectivity index (χ1v) is 15.2. The Hall–Kier alpha value is -2.27. The van der Waals surface area contributed by atoms with Gasteiger partial charge in [0.25, 0.3) is 0 Å². The third-order valence-electron chi connectivity index (χ3n) is 5.20. The van der Waals surface area contributed by atoms with Gasteiger partial charge in [0.05, 0.1) is 18.8 Å². The third-order valence-corrected chi connectivity index (χ3v) is 7.05. The van der Waals surface area contributed by atoms with Crippen LogP contribution in [0.25, 0.3) is 0 Å². The van der Waals surface area contributed by atoms with Crippen LogP contribution < -0.4 is 14.2 Å². The van der Waals surface area contributed by atoms with Crippen molar-refractivity contribution in [3.63, 3.8) is 0 Å². The molecule has 0 saturated heterocycles. The van der Waals surface area contributed by atoms with E-state index >= 15 is 0 Å². The molecule has 0 aliphatic heterocycles. The Labute approximate surface area is 188 Å². The highest BCUT2D eigenvalue weighted by molar-refractivity contribution is 6.76. The van der Waals surface area contributed by atoms with Gasteiger partial charge in [-0.25, -0.2) is 4.79 Å². The van der Waals surface area contributed by atoms with Gasteiger partial charge in [-0.2, -0.15) is 0 Å². The van der Waals surface area contributed by atoms with E-state index in [-0.39, 0.29) is 5.97 Å². The van der Waals surface area contributed by atoms with Gasteiger partial charge in [-0.3, -0.25) is 0 Å². The average molecular weight is 443 g/mol. The minimum absolute atomic E-state index is 0.383. The molecule has 170 valence electrons. The fourth-order valence-electron chi connectivity index (χ4n) is 2.94. The first-order chi connectivity index (χ1) is 14.8. The van der Waals surface area contributed by atoms with Crippen molar-refractivity contribution in [3.05, 3.63) is 54.1 Å². The normalized spacial score (nSPS) is 12.3. The zero-order valence-corrected chi connectivity index (χ0v) is 20.8. The van der Waals surface area contributed by atoms with Gasteiger partial charge in [0.1, 0.15) is 17.2 Å². The van der Waals surface area contributed by atoms with E-state index in [1.165, 1.54) is 18.9 Å². The van der Waals surface area contributed by atoms with Crippen LogP contribution in [0.1, 0.15) is 49.9 Å². The zero-order chi connectivity index (χ0) is 22.7. The molecular formula is C26H38O4Si. The molecule has 0 aliphatic carbocycles. The molecule has 0 heterocycles. The van der Waals surface area contributed by atoms with E-state index in [0.29, 0.717) is 30.4 Å². The molecule has 0 radical (unpaired) electrons. The molecule has 2 aromatic carbocycles. The van der Waals surface area contributed by atoms with Gasteiger partial charge in [-0.05, 0) is 60.9 Å². The maximum Gasteiger partial charge on any atom is 0.343 e. The third kappa shape index (κ3) is 10.1. The van der Waals surface area contributed by atoms with Crippen molar-refractivity contribution < 1.29 is 19.0 Å². The molecular weight excluding hydrogens is 404 g/mol. The Kier molecular flexibility index (Phi) is 10.1. The lowest BCUT2D eigenvalue weighted by Gasteiger charge is -2.15. The number of rotatable bonds is 13. The van der Waals surface area contributed by atoms with Gasteiger partial charge in [0.15, 0.2) is 0 Å². The number of ether oxygens (including phenoxy) is 3. The molecule has 5 heteroatoms. The summed E-state index contributed by atoms with van der Waals surface area (Å²) in [6, 6.07) is 15.7. The standard InChI is InChI=1S/C26H38O4Si/c1-6-21(2)20-29-24-14-16-25(17-15-24)30-26(27)22-10-12-23(13-11-22)28-18-8-7-9-19-31(3,4)5/h10-17,21H,6-9,18-20H2,1-5H3/t21-/m0/s1. The minimum atomic E-state index is -0.930. The second-order valence-electron chi connectivity index (χ2n) is 9.43. The van der Waals surface area contributed by atoms with Gasteiger partial charge in [-0.15, -0.1) is 0 Å². The highest BCUT2D eigenvalue weighted by atomic mass is 28.3. The maximum atomic E-state index is 12.4. The summed E-state index contributed by atoms with van der Waals surface area (Å²) in [6.07, 6.45) is 4.63. The van der Waals surface area contributed by atoms with Crippen LogP contribution in [0.15, 0.2) is 48.5 Å². The lowest BCUT2D eigenvalue weighted by atomic mass is 10.1. The molecule has 0 aromatic heterocycles. The highest BCUT2D eigenvalue weighted by Crippen LogP contribution is 2.21. The first kappa shape index (κ1) is 25.0. The van der Waals surface area contributed by atoms with Crippen LogP contribution in [0.4, 0.5) is 0 Å². The summed E-state index contributed by atoms with van der Waals surface area (Å²) in [5.41, 5.74) is 0.500. The fraction of sp³-hybridized carbons (Fsp3) is 0.500. The van der Waals surface area contributed by atoms with E-state index in [0.717, 1.165) is 24.3 Å². The molecule has 0 saturated carbocycles. The van der Waals surface area contributed by atoms with E-state index < -0.39 is 8.07 Å². The summed E-state index contributed by atoms with van der Waals surface area (Å²) in [6.45, 7) is 12.9. The summed E-state index contributed by atoms with van der Waals surface area (Å²) >= 11 is 0. The predicted octanol–water partition coefficient (Wildman–Crippen LogP) is 7.22. The SMILES string of the molecule is CC[C@H](C)COc1ccc(OC(=O)c2ccc(OCCCCC[Si](C)(C)C)cc2)cc1. The Bertz CT molecular complexity index is 779. The molecule has 2 rings (SSSR count). The van der Waals surface area contributed by atoms with Crippen molar-refractivity contribution in [2.75, 3.05) is 13.2 Å². The minimum Gasteiger partial charge on any atom is -0.494 e. The molecule has 31 heavy (non-hydrogen) atoms. The van der Waals surface area contributed by atoms with Crippen LogP contribution in [0.3, 0.4) is 0 Å². The van der Waals surface area contributed by atoms with E-state index in [1.54, 1.807) is 24.3 Å². The van der Waals surface area contributed by atoms with Crippen LogP contribution in [0.2, 0.25) is 25.7 Å². The molecule has 0 aliphatic rings. The molecule has 0 unspecified atom stereocenters. The monoisotopic (exact) mass is 442 g/mol. The van der Waals surface area contributed by atoms with Gasteiger partial charge >= 0.3 is 5.97 Å². The van der Waals surface area contributed by atoms with Crippen LogP contribution in [0, 0.1) is 5.92 Å². The van der Waals surface area contributed by atoms with Crippen molar-refractivity contribution >= 4 is 14.0 Å². The number of carbonyl (C=O) groups is 1. The molecule has 2 aromatic rings. The average Bonchev–Trinajstić information content (AvgIpc) is 2.75. The summed E-state index contributed by atoms with van der Waals surface area (Å²) < 4.78 is 17.0. The Morgan fingerprint density at radius 2 is 1.42 bits per heavy atom.